The van der Waals surface area contributed by atoms with Gasteiger partial charge in [0.25, 0.3) is 0 Å². The van der Waals surface area contributed by atoms with Crippen LogP contribution in [0.2, 0.25) is 0 Å². The standard InChI is InChI=1S/C16H12O3/c17-15-13(11-7-3-1-4-8-11)14(16(18)19-15)12-9-5-2-6-10-12/h1-10,13-14H/t13-,14-/m1/s1. The molecule has 3 nitrogen and oxygen atoms in total. The van der Waals surface area contributed by atoms with Gasteiger partial charge in [-0.05, 0) is 11.1 Å². The van der Waals surface area contributed by atoms with Crippen molar-refractivity contribution in [2.45, 2.75) is 11.8 Å². The van der Waals surface area contributed by atoms with E-state index >= 15 is 0 Å². The van der Waals surface area contributed by atoms with Crippen LogP contribution in [0.4, 0.5) is 0 Å². The summed E-state index contributed by atoms with van der Waals surface area (Å²) in [5, 5.41) is 0. The minimum atomic E-state index is -0.545. The Labute approximate surface area is 110 Å². The summed E-state index contributed by atoms with van der Waals surface area (Å²) in [4.78, 5) is 23.9. The van der Waals surface area contributed by atoms with Crippen molar-refractivity contribution in [3.8, 4) is 0 Å². The zero-order valence-electron chi connectivity index (χ0n) is 10.2. The molecule has 3 rings (SSSR count). The molecule has 0 amide bonds. The third-order valence-electron chi connectivity index (χ3n) is 3.36. The molecular weight excluding hydrogens is 240 g/mol. The first-order valence-corrected chi connectivity index (χ1v) is 6.13. The molecule has 0 aliphatic carbocycles. The summed E-state index contributed by atoms with van der Waals surface area (Å²) in [5.41, 5.74) is 1.62. The highest BCUT2D eigenvalue weighted by molar-refractivity contribution is 6.02. The summed E-state index contributed by atoms with van der Waals surface area (Å²) in [6, 6.07) is 18.6. The van der Waals surface area contributed by atoms with Crippen molar-refractivity contribution in [2.75, 3.05) is 0 Å². The first-order valence-electron chi connectivity index (χ1n) is 6.13. The lowest BCUT2D eigenvalue weighted by molar-refractivity contribution is -0.152. The topological polar surface area (TPSA) is 43.4 Å². The van der Waals surface area contributed by atoms with Crippen LogP contribution in [0, 0.1) is 0 Å². The lowest BCUT2D eigenvalue weighted by Gasteiger charge is -2.14. The van der Waals surface area contributed by atoms with E-state index < -0.39 is 23.8 Å². The molecule has 19 heavy (non-hydrogen) atoms. The quantitative estimate of drug-likeness (QED) is 0.609. The van der Waals surface area contributed by atoms with E-state index in [1.807, 2.05) is 60.7 Å². The van der Waals surface area contributed by atoms with E-state index in [1.54, 1.807) is 0 Å². The lowest BCUT2D eigenvalue weighted by Crippen LogP contribution is -2.14. The minimum Gasteiger partial charge on any atom is -0.392 e. The molecule has 1 saturated heterocycles. The molecule has 0 N–H and O–H groups in total. The number of cyclic esters (lactones) is 2. The Bertz CT molecular complexity index is 549. The highest BCUT2D eigenvalue weighted by Gasteiger charge is 2.45. The molecule has 0 saturated carbocycles. The van der Waals surface area contributed by atoms with Crippen LogP contribution in [0.25, 0.3) is 0 Å². The second-order valence-electron chi connectivity index (χ2n) is 4.52. The van der Waals surface area contributed by atoms with Gasteiger partial charge in [-0.25, -0.2) is 0 Å². The third kappa shape index (κ3) is 2.03. The molecule has 94 valence electrons. The maximum absolute atomic E-state index is 11.9. The average molecular weight is 252 g/mol. The first-order chi connectivity index (χ1) is 9.27. The van der Waals surface area contributed by atoms with Gasteiger partial charge in [0.05, 0.1) is 11.8 Å². The molecule has 2 aromatic rings. The first kappa shape index (κ1) is 11.7. The van der Waals surface area contributed by atoms with E-state index in [2.05, 4.69) is 0 Å². The monoisotopic (exact) mass is 252 g/mol. The maximum Gasteiger partial charge on any atom is 0.322 e. The predicted octanol–water partition coefficient (Wildman–Crippen LogP) is 2.64. The zero-order valence-corrected chi connectivity index (χ0v) is 10.2. The van der Waals surface area contributed by atoms with Crippen LogP contribution in [0.1, 0.15) is 23.0 Å². The van der Waals surface area contributed by atoms with Crippen LogP contribution in [-0.4, -0.2) is 11.9 Å². The fourth-order valence-electron chi connectivity index (χ4n) is 2.48. The van der Waals surface area contributed by atoms with Crippen molar-refractivity contribution in [2.24, 2.45) is 0 Å². The molecule has 1 aliphatic heterocycles. The Morgan fingerprint density at radius 2 is 1.00 bits per heavy atom. The van der Waals surface area contributed by atoms with E-state index in [-0.39, 0.29) is 0 Å². The van der Waals surface area contributed by atoms with Crippen LogP contribution >= 0.6 is 0 Å². The highest BCUT2D eigenvalue weighted by Crippen LogP contribution is 2.39. The number of carbonyl (C=O) groups is 2. The summed E-state index contributed by atoms with van der Waals surface area (Å²) in [6.07, 6.45) is 0. The van der Waals surface area contributed by atoms with Gasteiger partial charge in [0.1, 0.15) is 0 Å². The number of ether oxygens (including phenoxy) is 1. The van der Waals surface area contributed by atoms with Crippen LogP contribution in [0.5, 0.6) is 0 Å². The van der Waals surface area contributed by atoms with Gasteiger partial charge < -0.3 is 4.74 Å². The number of hydrogen-bond donors (Lipinski definition) is 0. The molecule has 1 heterocycles. The Balaban J connectivity index is 2.06. The fraction of sp³-hybridized carbons (Fsp3) is 0.125. The van der Waals surface area contributed by atoms with Gasteiger partial charge in [-0.3, -0.25) is 9.59 Å². The van der Waals surface area contributed by atoms with Crippen molar-refractivity contribution >= 4 is 11.9 Å². The van der Waals surface area contributed by atoms with Gasteiger partial charge in [-0.1, -0.05) is 60.7 Å². The van der Waals surface area contributed by atoms with Crippen LogP contribution in [0.15, 0.2) is 60.7 Å². The molecule has 0 radical (unpaired) electrons. The SMILES string of the molecule is O=C1OC(=O)[C@H](c2ccccc2)[C@H]1c1ccccc1. The van der Waals surface area contributed by atoms with E-state index in [1.165, 1.54) is 0 Å². The van der Waals surface area contributed by atoms with Gasteiger partial charge in [0.2, 0.25) is 0 Å². The van der Waals surface area contributed by atoms with Crippen LogP contribution < -0.4 is 0 Å². The predicted molar refractivity (Wildman–Crippen MR) is 69.5 cm³/mol. The Hall–Kier alpha value is -2.42. The second-order valence-corrected chi connectivity index (χ2v) is 4.52. The minimum absolute atomic E-state index is 0.468. The smallest absolute Gasteiger partial charge is 0.322 e. The molecule has 0 spiro atoms. The average Bonchev–Trinajstić information content (AvgIpc) is 2.75. The lowest BCUT2D eigenvalue weighted by atomic mass is 9.83. The number of rotatable bonds is 2. The van der Waals surface area contributed by atoms with E-state index in [0.29, 0.717) is 0 Å². The van der Waals surface area contributed by atoms with Crippen molar-refractivity contribution in [1.29, 1.82) is 0 Å². The molecule has 1 aliphatic rings. The molecule has 0 bridgehead atoms. The Kier molecular flexibility index (Phi) is 2.88. The van der Waals surface area contributed by atoms with E-state index in [9.17, 15) is 9.59 Å². The van der Waals surface area contributed by atoms with Crippen LogP contribution in [0.3, 0.4) is 0 Å². The third-order valence-corrected chi connectivity index (χ3v) is 3.36. The van der Waals surface area contributed by atoms with Crippen molar-refractivity contribution in [3.05, 3.63) is 71.8 Å². The van der Waals surface area contributed by atoms with Crippen LogP contribution in [-0.2, 0) is 14.3 Å². The second kappa shape index (κ2) is 4.69. The van der Waals surface area contributed by atoms with Crippen molar-refractivity contribution in [1.82, 2.24) is 0 Å². The van der Waals surface area contributed by atoms with E-state index in [4.69, 9.17) is 4.74 Å². The zero-order chi connectivity index (χ0) is 13.2. The summed E-state index contributed by atoms with van der Waals surface area (Å²) in [7, 11) is 0. The van der Waals surface area contributed by atoms with Gasteiger partial charge in [0.15, 0.2) is 0 Å². The normalized spacial score (nSPS) is 22.3. The molecule has 1 fully saturated rings. The summed E-state index contributed by atoms with van der Waals surface area (Å²) in [5.74, 6) is -2.03. The summed E-state index contributed by atoms with van der Waals surface area (Å²) in [6.45, 7) is 0. The fourth-order valence-corrected chi connectivity index (χ4v) is 2.48. The molecule has 0 aromatic heterocycles. The largest absolute Gasteiger partial charge is 0.392 e. The molecule has 3 heteroatoms. The maximum atomic E-state index is 11.9. The summed E-state index contributed by atoms with van der Waals surface area (Å²) < 4.78 is 4.82. The molecular formula is C16H12O3. The molecule has 2 aromatic carbocycles. The Morgan fingerprint density at radius 1 is 0.632 bits per heavy atom. The van der Waals surface area contributed by atoms with Gasteiger partial charge >= 0.3 is 11.9 Å². The molecule has 2 atom stereocenters. The molecule has 0 unspecified atom stereocenters. The van der Waals surface area contributed by atoms with Crippen molar-refractivity contribution < 1.29 is 14.3 Å². The number of carbonyl (C=O) groups excluding carboxylic acids is 2. The number of benzene rings is 2. The summed E-state index contributed by atoms with van der Waals surface area (Å²) >= 11 is 0. The highest BCUT2D eigenvalue weighted by atomic mass is 16.6. The van der Waals surface area contributed by atoms with E-state index in [0.717, 1.165) is 11.1 Å². The number of esters is 2. The van der Waals surface area contributed by atoms with Gasteiger partial charge in [-0.15, -0.1) is 0 Å². The van der Waals surface area contributed by atoms with Gasteiger partial charge in [0, 0.05) is 0 Å². The van der Waals surface area contributed by atoms with Gasteiger partial charge in [-0.2, -0.15) is 0 Å². The van der Waals surface area contributed by atoms with Crippen molar-refractivity contribution in [3.63, 3.8) is 0 Å². The Morgan fingerprint density at radius 3 is 1.37 bits per heavy atom. The number of hydrogen-bond acceptors (Lipinski definition) is 3.